The average Bonchev–Trinajstić information content (AvgIpc) is 2.63. The first-order chi connectivity index (χ1) is 11.7. The number of para-hydroxylation sites is 2. The number of aromatic nitrogens is 2. The second-order valence-electron chi connectivity index (χ2n) is 6.13. The Morgan fingerprint density at radius 1 is 0.583 bits per heavy atom. The van der Waals surface area contributed by atoms with Gasteiger partial charge in [0.15, 0.2) is 12.4 Å². The summed E-state index contributed by atoms with van der Waals surface area (Å²) in [6.07, 6.45) is 8.66. The fourth-order valence-corrected chi connectivity index (χ4v) is 3.25. The molecule has 2 heterocycles. The minimum atomic E-state index is 1.24. The SMILES string of the molecule is C[n+]1ccc(/C=C/c2cc[n+](C)c3ccccc23)c2ccccc21. The van der Waals surface area contributed by atoms with Crippen LogP contribution >= 0.6 is 0 Å². The maximum atomic E-state index is 2.21. The van der Waals surface area contributed by atoms with E-state index in [1.54, 1.807) is 0 Å². The number of hydrogen-bond acceptors (Lipinski definition) is 0. The van der Waals surface area contributed by atoms with E-state index in [0.717, 1.165) is 0 Å². The molecule has 0 radical (unpaired) electrons. The van der Waals surface area contributed by atoms with Crippen molar-refractivity contribution in [1.82, 2.24) is 0 Å². The van der Waals surface area contributed by atoms with Crippen LogP contribution in [0.15, 0.2) is 73.1 Å². The van der Waals surface area contributed by atoms with Gasteiger partial charge in [-0.3, -0.25) is 0 Å². The van der Waals surface area contributed by atoms with Gasteiger partial charge in [-0.1, -0.05) is 36.4 Å². The Morgan fingerprint density at radius 3 is 1.46 bits per heavy atom. The van der Waals surface area contributed by atoms with Crippen molar-refractivity contribution in [1.29, 1.82) is 0 Å². The molecule has 2 heteroatoms. The maximum absolute atomic E-state index is 2.21. The molecule has 0 saturated heterocycles. The molecule has 0 spiro atoms. The molecule has 0 aliphatic carbocycles. The van der Waals surface area contributed by atoms with Gasteiger partial charge < -0.3 is 0 Å². The highest BCUT2D eigenvalue weighted by Gasteiger charge is 2.09. The molecular formula is C22H20N2+2. The minimum Gasteiger partial charge on any atom is -0.201 e. The molecule has 2 nitrogen and oxygen atoms in total. The van der Waals surface area contributed by atoms with E-state index in [4.69, 9.17) is 0 Å². The van der Waals surface area contributed by atoms with Crippen molar-refractivity contribution in [3.8, 4) is 0 Å². The van der Waals surface area contributed by atoms with Gasteiger partial charge >= 0.3 is 0 Å². The minimum absolute atomic E-state index is 1.24. The summed E-state index contributed by atoms with van der Waals surface area (Å²) < 4.78 is 4.31. The van der Waals surface area contributed by atoms with Crippen LogP contribution in [0.25, 0.3) is 34.0 Å². The van der Waals surface area contributed by atoms with Gasteiger partial charge in [0.25, 0.3) is 0 Å². The number of pyridine rings is 2. The van der Waals surface area contributed by atoms with Crippen molar-refractivity contribution < 1.29 is 9.13 Å². The Morgan fingerprint density at radius 2 is 1.00 bits per heavy atom. The number of rotatable bonds is 2. The predicted molar refractivity (Wildman–Crippen MR) is 99.2 cm³/mol. The zero-order valence-electron chi connectivity index (χ0n) is 14.0. The molecule has 0 aliphatic heterocycles. The van der Waals surface area contributed by atoms with Gasteiger partial charge in [0.1, 0.15) is 14.1 Å². The highest BCUT2D eigenvalue weighted by molar-refractivity contribution is 5.93. The van der Waals surface area contributed by atoms with E-state index in [0.29, 0.717) is 0 Å². The van der Waals surface area contributed by atoms with Crippen molar-refractivity contribution in [3.05, 3.63) is 84.2 Å². The zero-order valence-corrected chi connectivity index (χ0v) is 14.0. The molecule has 0 fully saturated rings. The second-order valence-corrected chi connectivity index (χ2v) is 6.13. The molecule has 0 N–H and O–H groups in total. The Kier molecular flexibility index (Phi) is 3.58. The van der Waals surface area contributed by atoms with Crippen LogP contribution in [0.5, 0.6) is 0 Å². The maximum Gasteiger partial charge on any atom is 0.212 e. The first kappa shape index (κ1) is 14.6. The van der Waals surface area contributed by atoms with Gasteiger partial charge in [-0.2, -0.15) is 0 Å². The van der Waals surface area contributed by atoms with Crippen LogP contribution < -0.4 is 9.13 Å². The number of nitrogens with zero attached hydrogens (tertiary/aromatic N) is 2. The number of aryl methyl sites for hydroxylation is 2. The van der Waals surface area contributed by atoms with Crippen LogP contribution in [0.4, 0.5) is 0 Å². The molecule has 4 rings (SSSR count). The quantitative estimate of drug-likeness (QED) is 0.497. The highest BCUT2D eigenvalue weighted by atomic mass is 14.9. The van der Waals surface area contributed by atoms with Crippen molar-refractivity contribution in [2.45, 2.75) is 0 Å². The molecule has 0 amide bonds. The smallest absolute Gasteiger partial charge is 0.201 e. The summed E-state index contributed by atoms with van der Waals surface area (Å²) in [5.41, 5.74) is 4.95. The van der Waals surface area contributed by atoms with Crippen LogP contribution in [0.1, 0.15) is 11.1 Å². The Hall–Kier alpha value is -3.00. The summed E-state index contributed by atoms with van der Waals surface area (Å²) in [5, 5.41) is 2.54. The van der Waals surface area contributed by atoms with Gasteiger partial charge in [-0.25, -0.2) is 9.13 Å². The largest absolute Gasteiger partial charge is 0.212 e. The standard InChI is InChI=1S/C22H20N2/c1-23-15-13-17(19-7-3-5-9-21(19)23)11-12-18-14-16-24(2)22-10-6-4-8-20(18)22/h3-16H,1-2H3/q+2/b12-11+. The molecule has 2 aromatic heterocycles. The number of fused-ring (bicyclic) bond motifs is 2. The molecule has 24 heavy (non-hydrogen) atoms. The van der Waals surface area contributed by atoms with Crippen molar-refractivity contribution in [2.24, 2.45) is 14.1 Å². The monoisotopic (exact) mass is 312 g/mol. The topological polar surface area (TPSA) is 7.76 Å². The lowest BCUT2D eigenvalue weighted by Crippen LogP contribution is -2.28. The third kappa shape index (κ3) is 2.46. The first-order valence-corrected chi connectivity index (χ1v) is 8.17. The lowest BCUT2D eigenvalue weighted by Gasteiger charge is -2.02. The lowest BCUT2D eigenvalue weighted by molar-refractivity contribution is -0.645. The average molecular weight is 312 g/mol. The molecule has 4 aromatic rings. The molecule has 0 unspecified atom stereocenters. The first-order valence-electron chi connectivity index (χ1n) is 8.17. The second kappa shape index (κ2) is 5.89. The third-order valence-corrected chi connectivity index (χ3v) is 4.59. The fraction of sp³-hybridized carbons (Fsp3) is 0.0909. The van der Waals surface area contributed by atoms with Crippen molar-refractivity contribution in [3.63, 3.8) is 0 Å². The molecule has 116 valence electrons. The van der Waals surface area contributed by atoms with E-state index in [1.807, 2.05) is 0 Å². The number of benzene rings is 2. The van der Waals surface area contributed by atoms with E-state index in [2.05, 4.69) is 108 Å². The van der Waals surface area contributed by atoms with Gasteiger partial charge in [0, 0.05) is 24.3 Å². The Labute approximate surface area is 141 Å². The van der Waals surface area contributed by atoms with Crippen LogP contribution in [0, 0.1) is 0 Å². The van der Waals surface area contributed by atoms with Gasteiger partial charge in [-0.15, -0.1) is 0 Å². The van der Waals surface area contributed by atoms with Crippen LogP contribution in [-0.2, 0) is 14.1 Å². The van der Waals surface area contributed by atoms with Crippen molar-refractivity contribution in [2.75, 3.05) is 0 Å². The predicted octanol–water partition coefficient (Wildman–Crippen LogP) is 3.81. The van der Waals surface area contributed by atoms with E-state index in [9.17, 15) is 0 Å². The summed E-state index contributed by atoms with van der Waals surface area (Å²) in [6.45, 7) is 0. The Bertz CT molecular complexity index is 990. The zero-order chi connectivity index (χ0) is 16.5. The molecule has 0 saturated carbocycles. The van der Waals surface area contributed by atoms with E-state index in [-0.39, 0.29) is 0 Å². The van der Waals surface area contributed by atoms with Gasteiger partial charge in [0.05, 0.1) is 10.8 Å². The normalized spacial score (nSPS) is 11.6. The molecule has 0 aliphatic rings. The summed E-state index contributed by atoms with van der Waals surface area (Å²) in [6, 6.07) is 21.4. The molecule has 0 atom stereocenters. The summed E-state index contributed by atoms with van der Waals surface area (Å²) in [5.74, 6) is 0. The Balaban J connectivity index is 1.85. The van der Waals surface area contributed by atoms with Crippen LogP contribution in [0.3, 0.4) is 0 Å². The number of hydrogen-bond donors (Lipinski definition) is 0. The molecule has 2 aromatic carbocycles. The van der Waals surface area contributed by atoms with Gasteiger partial charge in [0.2, 0.25) is 11.0 Å². The van der Waals surface area contributed by atoms with E-state index < -0.39 is 0 Å². The van der Waals surface area contributed by atoms with Gasteiger partial charge in [-0.05, 0) is 23.3 Å². The van der Waals surface area contributed by atoms with Crippen molar-refractivity contribution >= 4 is 34.0 Å². The fourth-order valence-electron chi connectivity index (χ4n) is 3.25. The summed E-state index contributed by atoms with van der Waals surface area (Å²) >= 11 is 0. The molecular weight excluding hydrogens is 292 g/mol. The third-order valence-electron chi connectivity index (χ3n) is 4.59. The van der Waals surface area contributed by atoms with Crippen LogP contribution in [-0.4, -0.2) is 0 Å². The summed E-state index contributed by atoms with van der Waals surface area (Å²) in [7, 11) is 4.17. The van der Waals surface area contributed by atoms with E-state index in [1.165, 1.54) is 32.9 Å². The lowest BCUT2D eigenvalue weighted by atomic mass is 10.0. The van der Waals surface area contributed by atoms with E-state index >= 15 is 0 Å². The highest BCUT2D eigenvalue weighted by Crippen LogP contribution is 2.20. The molecule has 0 bridgehead atoms. The summed E-state index contributed by atoms with van der Waals surface area (Å²) in [4.78, 5) is 0. The van der Waals surface area contributed by atoms with Crippen LogP contribution in [0.2, 0.25) is 0 Å².